The zero-order valence-corrected chi connectivity index (χ0v) is 19.2. The Morgan fingerprint density at radius 2 is 1.53 bits per heavy atom. The number of benzene rings is 3. The standard InChI is InChI=1S/C27H25N3O4/c1-16-7-11-18(12-8-16)25(31)30-24-22(23(28-30)19-5-4-6-21(15-19)34-3)26(32)29(27(24)33)20-13-9-17(2)10-14-20/h4-15,22-24,28H,1-3H3/t22-,23+,24-/m1/s1. The van der Waals surface area contributed by atoms with E-state index >= 15 is 0 Å². The van der Waals surface area contributed by atoms with Crippen LogP contribution >= 0.6 is 0 Å². The van der Waals surface area contributed by atoms with Crippen LogP contribution in [0, 0.1) is 19.8 Å². The molecule has 172 valence electrons. The number of anilines is 1. The number of hydrazine groups is 1. The molecule has 3 amide bonds. The highest BCUT2D eigenvalue weighted by molar-refractivity contribution is 6.25. The van der Waals surface area contributed by atoms with Gasteiger partial charge in [0.05, 0.1) is 24.8 Å². The molecule has 2 aliphatic heterocycles. The van der Waals surface area contributed by atoms with Gasteiger partial charge in [-0.3, -0.25) is 19.4 Å². The predicted molar refractivity (Wildman–Crippen MR) is 127 cm³/mol. The summed E-state index contributed by atoms with van der Waals surface area (Å²) in [4.78, 5) is 42.0. The van der Waals surface area contributed by atoms with Crippen LogP contribution in [0.15, 0.2) is 72.8 Å². The summed E-state index contributed by atoms with van der Waals surface area (Å²) in [5, 5.41) is 1.33. The average molecular weight is 456 g/mol. The number of hydrogen-bond donors (Lipinski definition) is 1. The second kappa shape index (κ2) is 8.43. The summed E-state index contributed by atoms with van der Waals surface area (Å²) in [7, 11) is 1.57. The number of aryl methyl sites for hydroxylation is 2. The highest BCUT2D eigenvalue weighted by Crippen LogP contribution is 2.42. The summed E-state index contributed by atoms with van der Waals surface area (Å²) in [5.74, 6) is -1.25. The van der Waals surface area contributed by atoms with Gasteiger partial charge < -0.3 is 4.74 Å². The Hall–Kier alpha value is -3.97. The molecule has 0 aromatic heterocycles. The van der Waals surface area contributed by atoms with Crippen molar-refractivity contribution < 1.29 is 19.1 Å². The van der Waals surface area contributed by atoms with Crippen LogP contribution < -0.4 is 15.1 Å². The number of amides is 3. The van der Waals surface area contributed by atoms with E-state index in [4.69, 9.17) is 4.74 Å². The van der Waals surface area contributed by atoms with Crippen molar-refractivity contribution >= 4 is 23.4 Å². The first kappa shape index (κ1) is 21.9. The molecule has 2 saturated heterocycles. The second-order valence-corrected chi connectivity index (χ2v) is 8.74. The maximum Gasteiger partial charge on any atom is 0.268 e. The first-order chi connectivity index (χ1) is 16.4. The van der Waals surface area contributed by atoms with Gasteiger partial charge in [-0.15, -0.1) is 0 Å². The van der Waals surface area contributed by atoms with Crippen molar-refractivity contribution in [1.82, 2.24) is 10.4 Å². The van der Waals surface area contributed by atoms with E-state index in [-0.39, 0.29) is 11.8 Å². The van der Waals surface area contributed by atoms with E-state index in [1.54, 1.807) is 31.4 Å². The van der Waals surface area contributed by atoms with Gasteiger partial charge in [0.1, 0.15) is 11.8 Å². The Morgan fingerprint density at radius 3 is 2.18 bits per heavy atom. The number of nitrogens with zero attached hydrogens (tertiary/aromatic N) is 2. The molecule has 7 heteroatoms. The minimum absolute atomic E-state index is 0.335. The van der Waals surface area contributed by atoms with E-state index in [9.17, 15) is 14.4 Å². The molecule has 3 atom stereocenters. The third-order valence-corrected chi connectivity index (χ3v) is 6.50. The molecule has 3 aromatic rings. The summed E-state index contributed by atoms with van der Waals surface area (Å²) in [6, 6.07) is 20.2. The zero-order valence-electron chi connectivity index (χ0n) is 19.2. The predicted octanol–water partition coefficient (Wildman–Crippen LogP) is 3.57. The number of ether oxygens (including phenoxy) is 1. The van der Waals surface area contributed by atoms with Gasteiger partial charge in [-0.25, -0.2) is 10.3 Å². The zero-order chi connectivity index (χ0) is 24.0. The van der Waals surface area contributed by atoms with Gasteiger partial charge in [0.25, 0.3) is 11.8 Å². The van der Waals surface area contributed by atoms with Crippen LogP contribution in [0.4, 0.5) is 5.69 Å². The van der Waals surface area contributed by atoms with Crippen molar-refractivity contribution in [3.05, 3.63) is 95.1 Å². The minimum Gasteiger partial charge on any atom is -0.497 e. The normalized spacial score (nSPS) is 21.7. The number of hydrogen-bond acceptors (Lipinski definition) is 5. The summed E-state index contributed by atoms with van der Waals surface area (Å²) in [5.41, 5.74) is 6.93. The maximum absolute atomic E-state index is 13.7. The molecular formula is C27H25N3O4. The SMILES string of the molecule is COc1cccc([C@@H]2NN(C(=O)c3ccc(C)cc3)[C@H]3C(=O)N(c4ccc(C)cc4)C(=O)[C@H]23)c1. The van der Waals surface area contributed by atoms with Crippen LogP contribution in [0.3, 0.4) is 0 Å². The lowest BCUT2D eigenvalue weighted by Gasteiger charge is -2.25. The summed E-state index contributed by atoms with van der Waals surface area (Å²) < 4.78 is 5.36. The van der Waals surface area contributed by atoms with Crippen LogP contribution in [0.1, 0.15) is 33.1 Å². The molecule has 0 spiro atoms. The molecule has 0 bridgehead atoms. The Kier molecular flexibility index (Phi) is 5.42. The summed E-state index contributed by atoms with van der Waals surface area (Å²) in [6.07, 6.45) is 0. The molecule has 0 saturated carbocycles. The van der Waals surface area contributed by atoms with Gasteiger partial charge >= 0.3 is 0 Å². The Bertz CT molecular complexity index is 1270. The van der Waals surface area contributed by atoms with Crippen molar-refractivity contribution in [3.8, 4) is 5.75 Å². The van der Waals surface area contributed by atoms with E-state index < -0.39 is 23.9 Å². The van der Waals surface area contributed by atoms with Crippen molar-refractivity contribution in [2.24, 2.45) is 5.92 Å². The molecule has 5 rings (SSSR count). The van der Waals surface area contributed by atoms with E-state index in [0.717, 1.165) is 16.7 Å². The largest absolute Gasteiger partial charge is 0.497 e. The van der Waals surface area contributed by atoms with Crippen molar-refractivity contribution in [1.29, 1.82) is 0 Å². The number of methoxy groups -OCH3 is 1. The van der Waals surface area contributed by atoms with Crippen LogP contribution in [-0.4, -0.2) is 35.9 Å². The smallest absolute Gasteiger partial charge is 0.268 e. The first-order valence-electron chi connectivity index (χ1n) is 11.1. The van der Waals surface area contributed by atoms with Gasteiger partial charge in [-0.05, 0) is 55.8 Å². The molecule has 2 fully saturated rings. The molecule has 2 aliphatic rings. The van der Waals surface area contributed by atoms with Gasteiger partial charge in [0.2, 0.25) is 5.91 Å². The van der Waals surface area contributed by atoms with Crippen LogP contribution in [0.25, 0.3) is 0 Å². The number of imide groups is 1. The summed E-state index contributed by atoms with van der Waals surface area (Å²) >= 11 is 0. The third kappa shape index (κ3) is 3.54. The van der Waals surface area contributed by atoms with Crippen LogP contribution in [0.2, 0.25) is 0 Å². The quantitative estimate of drug-likeness (QED) is 0.609. The number of fused-ring (bicyclic) bond motifs is 1. The molecule has 0 aliphatic carbocycles. The van der Waals surface area contributed by atoms with Gasteiger partial charge in [-0.2, -0.15) is 0 Å². The minimum atomic E-state index is -0.959. The molecule has 7 nitrogen and oxygen atoms in total. The van der Waals surface area contributed by atoms with E-state index in [2.05, 4.69) is 5.43 Å². The van der Waals surface area contributed by atoms with Crippen molar-refractivity contribution in [2.45, 2.75) is 25.9 Å². The van der Waals surface area contributed by atoms with Crippen molar-refractivity contribution in [3.63, 3.8) is 0 Å². The molecule has 3 aromatic carbocycles. The Balaban J connectivity index is 1.58. The van der Waals surface area contributed by atoms with E-state index in [1.165, 1.54) is 9.91 Å². The molecule has 34 heavy (non-hydrogen) atoms. The Labute approximate surface area is 197 Å². The lowest BCUT2D eigenvalue weighted by Crippen LogP contribution is -2.48. The number of carbonyl (C=O) groups is 3. The maximum atomic E-state index is 13.7. The fraction of sp³-hybridized carbons (Fsp3) is 0.222. The van der Waals surface area contributed by atoms with E-state index in [0.29, 0.717) is 17.0 Å². The second-order valence-electron chi connectivity index (χ2n) is 8.74. The first-order valence-corrected chi connectivity index (χ1v) is 11.1. The molecular weight excluding hydrogens is 430 g/mol. The molecule has 1 N–H and O–H groups in total. The van der Waals surface area contributed by atoms with Crippen LogP contribution in [0.5, 0.6) is 5.75 Å². The fourth-order valence-corrected chi connectivity index (χ4v) is 4.67. The molecule has 0 unspecified atom stereocenters. The summed E-state index contributed by atoms with van der Waals surface area (Å²) in [6.45, 7) is 3.88. The van der Waals surface area contributed by atoms with Gasteiger partial charge in [0, 0.05) is 5.56 Å². The van der Waals surface area contributed by atoms with Gasteiger partial charge in [-0.1, -0.05) is 47.5 Å². The van der Waals surface area contributed by atoms with Crippen LogP contribution in [-0.2, 0) is 9.59 Å². The molecule has 0 radical (unpaired) electrons. The lowest BCUT2D eigenvalue weighted by atomic mass is 9.90. The van der Waals surface area contributed by atoms with E-state index in [1.807, 2.05) is 62.4 Å². The topological polar surface area (TPSA) is 79.0 Å². The Morgan fingerprint density at radius 1 is 0.882 bits per heavy atom. The highest BCUT2D eigenvalue weighted by atomic mass is 16.5. The van der Waals surface area contributed by atoms with Crippen molar-refractivity contribution in [2.75, 3.05) is 12.0 Å². The molecule has 2 heterocycles. The van der Waals surface area contributed by atoms with Gasteiger partial charge in [0.15, 0.2) is 0 Å². The monoisotopic (exact) mass is 455 g/mol. The number of rotatable bonds is 4. The third-order valence-electron chi connectivity index (χ3n) is 6.50. The number of carbonyl (C=O) groups excluding carboxylic acids is 3. The number of nitrogens with one attached hydrogen (secondary N) is 1. The lowest BCUT2D eigenvalue weighted by molar-refractivity contribution is -0.123. The fourth-order valence-electron chi connectivity index (χ4n) is 4.67. The average Bonchev–Trinajstić information content (AvgIpc) is 3.36. The highest BCUT2D eigenvalue weighted by Gasteiger charge is 2.60.